The van der Waals surface area contributed by atoms with Crippen LogP contribution in [-0.4, -0.2) is 145 Å². The number of carbonyl (C=O) groups is 4. The minimum Gasteiger partial charge on any atom is -0.506 e. The highest BCUT2D eigenvalue weighted by Crippen LogP contribution is 2.43. The monoisotopic (exact) mass is 1830 g/mol. The van der Waals surface area contributed by atoms with Gasteiger partial charge < -0.3 is 59.0 Å². The topological polar surface area (TPSA) is 388 Å². The van der Waals surface area contributed by atoms with Crippen LogP contribution in [0.3, 0.4) is 0 Å². The molecule has 0 atom stereocenters. The van der Waals surface area contributed by atoms with E-state index in [1.54, 1.807) is 68.7 Å². The van der Waals surface area contributed by atoms with E-state index in [0.29, 0.717) is 17.2 Å². The van der Waals surface area contributed by atoms with Gasteiger partial charge in [-0.25, -0.2) is 38.5 Å². The van der Waals surface area contributed by atoms with E-state index < -0.39 is 74.4 Å². The third-order valence-electron chi connectivity index (χ3n) is 17.9. The number of benzene rings is 12. The second kappa shape index (κ2) is 41.6. The third kappa shape index (κ3) is 23.0. The van der Waals surface area contributed by atoms with Gasteiger partial charge in [0.05, 0.1) is 94.7 Å². The Morgan fingerprint density at radius 2 is 0.634 bits per heavy atom. The Balaban J connectivity index is 0.000000186. The number of nitrogens with zero attached hydrogens (tertiary/aromatic N) is 1. The zero-order chi connectivity index (χ0) is 89.8. The number of primary amides is 1. The molecular formula is C87H81Cl4N7O21S4. The fourth-order valence-electron chi connectivity index (χ4n) is 11.9. The fourth-order valence-corrected chi connectivity index (χ4v) is 18.3. The zero-order valence-corrected chi connectivity index (χ0v) is 73.7. The quantitative estimate of drug-likeness (QED) is 0.0235. The SMILES string of the molecule is CNC(=O)c1cc(Cl)c(OC)c(S(=O)(=O)Nc2cc(-c3ccccc3)ccc2OC)c1.COC(=O)c1cc(Cl)cc(S(=O)(=O)Nc2cc(-c3ccccc3)ccc2OC)c1O.COc1ccc(-c2ccccc2)cc1NS(=O)(=O)c1cc(C(=O)N(C)C)cc(Cl)c1OC.COc1ccc(-c2ccccc2)cc1NS(=O)(=O)c1cc(C(N)=O)cc(Cl)c1OC. The number of amides is 3. The molecule has 0 radical (unpaired) electrons. The van der Waals surface area contributed by atoms with Crippen molar-refractivity contribution >= 4 is 133 Å². The molecule has 123 heavy (non-hydrogen) atoms. The first-order valence-corrected chi connectivity index (χ1v) is 43.5. The van der Waals surface area contributed by atoms with Gasteiger partial charge in [0.1, 0.15) is 48.1 Å². The van der Waals surface area contributed by atoms with Gasteiger partial charge in [-0.3, -0.25) is 33.3 Å². The molecule has 0 fully saturated rings. The molecule has 642 valence electrons. The summed E-state index contributed by atoms with van der Waals surface area (Å²) >= 11 is 24.5. The summed E-state index contributed by atoms with van der Waals surface area (Å²) in [4.78, 5) is 47.8. The van der Waals surface area contributed by atoms with Crippen molar-refractivity contribution in [3.8, 4) is 90.5 Å². The van der Waals surface area contributed by atoms with E-state index in [4.69, 9.17) is 85.3 Å². The van der Waals surface area contributed by atoms with Crippen LogP contribution in [0.2, 0.25) is 20.1 Å². The molecule has 0 bridgehead atoms. The molecule has 0 heterocycles. The Labute approximate surface area is 731 Å². The number of nitrogens with two attached hydrogens (primary N) is 1. The summed E-state index contributed by atoms with van der Waals surface area (Å²) in [5, 5.41) is 12.7. The van der Waals surface area contributed by atoms with E-state index in [-0.39, 0.29) is 103 Å². The number of ether oxygens (including phenoxy) is 8. The molecule has 36 heteroatoms. The highest BCUT2D eigenvalue weighted by atomic mass is 35.5. The first kappa shape index (κ1) is 93.9. The van der Waals surface area contributed by atoms with E-state index in [0.717, 1.165) is 69.8 Å². The molecule has 12 rings (SSSR count). The van der Waals surface area contributed by atoms with Gasteiger partial charge in [-0.15, -0.1) is 0 Å². The molecule has 0 saturated carbocycles. The van der Waals surface area contributed by atoms with Gasteiger partial charge in [0.25, 0.3) is 51.9 Å². The maximum absolute atomic E-state index is 13.4. The number of carbonyl (C=O) groups excluding carboxylic acids is 4. The van der Waals surface area contributed by atoms with E-state index >= 15 is 0 Å². The van der Waals surface area contributed by atoms with Gasteiger partial charge in [-0.1, -0.05) is 192 Å². The number of methoxy groups -OCH3 is 8. The van der Waals surface area contributed by atoms with Gasteiger partial charge in [0.15, 0.2) is 23.0 Å². The molecule has 0 spiro atoms. The molecule has 3 amide bonds. The number of phenols is 1. The maximum Gasteiger partial charge on any atom is 0.341 e. The Kier molecular flexibility index (Phi) is 31.7. The standard InChI is InChI=1S/C23H23ClN2O5S.C22H21ClN2O5S.C21H19ClN2O5S.C21H18ClNO6S/c1-26(2)23(27)17-12-18(24)22(31-4)21(14-17)32(28,29)25-19-13-16(10-11-20(19)30-3)15-8-6-5-7-9-15;1-24-22(26)16-11-17(23)21(30-3)20(13-16)31(27,28)25-18-12-15(9-10-19(18)29-2)14-7-5-4-6-8-14;1-28-18-9-8-14(13-6-4-3-5-7-13)11-17(18)24-30(26,27)19-12-15(21(23)25)10-16(22)20(19)29-2;1-28-18-9-8-14(13-6-4-3-5-7-13)10-17(18)23-30(26,27)19-12-15(22)11-16(20(19)24)21(25)29-2/h5-14,25H,1-4H3;4-13,25H,1-3H3,(H,24,26);3-12,24H,1-2H3,(H2,23,25);3-12,23-24H,1-2H3. The van der Waals surface area contributed by atoms with Crippen LogP contribution in [0.25, 0.3) is 44.5 Å². The number of nitrogens with one attached hydrogen (secondary N) is 5. The van der Waals surface area contributed by atoms with Crippen LogP contribution < -0.4 is 63.1 Å². The van der Waals surface area contributed by atoms with Crippen molar-refractivity contribution in [3.63, 3.8) is 0 Å². The van der Waals surface area contributed by atoms with E-state index in [9.17, 15) is 58.0 Å². The number of phenolic OH excluding ortho intramolecular Hbond substituents is 1. The van der Waals surface area contributed by atoms with Crippen molar-refractivity contribution in [3.05, 3.63) is 285 Å². The number of anilines is 4. The van der Waals surface area contributed by atoms with Crippen LogP contribution in [0, 0.1) is 0 Å². The molecule has 0 aromatic heterocycles. The second-order valence-corrected chi connectivity index (χ2v) is 34.2. The molecule has 8 N–H and O–H groups in total. The predicted octanol–water partition coefficient (Wildman–Crippen LogP) is 16.9. The van der Waals surface area contributed by atoms with Gasteiger partial charge in [-0.2, -0.15) is 0 Å². The van der Waals surface area contributed by atoms with E-state index in [1.807, 2.05) is 140 Å². The van der Waals surface area contributed by atoms with Crippen LogP contribution in [0.4, 0.5) is 22.7 Å². The zero-order valence-electron chi connectivity index (χ0n) is 67.4. The fraction of sp³-hybridized carbons (Fsp3) is 0.126. The first-order valence-electron chi connectivity index (χ1n) is 36.0. The Morgan fingerprint density at radius 1 is 0.350 bits per heavy atom. The second-order valence-electron chi connectivity index (χ2n) is 25.9. The summed E-state index contributed by atoms with van der Waals surface area (Å²) in [6.07, 6.45) is 0. The minimum atomic E-state index is -4.33. The van der Waals surface area contributed by atoms with Crippen molar-refractivity contribution < 1.29 is 95.9 Å². The molecule has 0 aliphatic rings. The van der Waals surface area contributed by atoms with Crippen molar-refractivity contribution in [2.24, 2.45) is 5.73 Å². The molecule has 0 aliphatic carbocycles. The summed E-state index contributed by atoms with van der Waals surface area (Å²) < 4.78 is 157. The smallest absolute Gasteiger partial charge is 0.341 e. The van der Waals surface area contributed by atoms with Gasteiger partial charge in [0, 0.05) is 42.9 Å². The number of esters is 1. The van der Waals surface area contributed by atoms with E-state index in [2.05, 4.69) is 28.9 Å². The van der Waals surface area contributed by atoms with Gasteiger partial charge in [-0.05, 0) is 142 Å². The number of aromatic hydroxyl groups is 1. The molecular weight excluding hydrogens is 1750 g/mol. The molecule has 0 unspecified atom stereocenters. The molecule has 0 aliphatic heterocycles. The van der Waals surface area contributed by atoms with Crippen LogP contribution >= 0.6 is 46.4 Å². The van der Waals surface area contributed by atoms with Crippen LogP contribution in [0.1, 0.15) is 41.4 Å². The lowest BCUT2D eigenvalue weighted by Crippen LogP contribution is -2.23. The average molecular weight is 1830 g/mol. The van der Waals surface area contributed by atoms with Gasteiger partial charge in [0.2, 0.25) is 5.91 Å². The molecule has 12 aromatic rings. The maximum atomic E-state index is 13.4. The Hall–Kier alpha value is -12.9. The van der Waals surface area contributed by atoms with Crippen molar-refractivity contribution in [2.75, 3.05) is 96.9 Å². The number of halogens is 4. The van der Waals surface area contributed by atoms with Crippen LogP contribution in [0.5, 0.6) is 46.0 Å². The summed E-state index contributed by atoms with van der Waals surface area (Å²) in [5.41, 5.74) is 12.6. The Bertz CT molecular complexity index is 6390. The normalized spacial score (nSPS) is 11.0. The number of hydrogen-bond acceptors (Lipinski definition) is 21. The van der Waals surface area contributed by atoms with Crippen LogP contribution in [0.15, 0.2) is 262 Å². The molecule has 0 saturated heterocycles. The van der Waals surface area contributed by atoms with Gasteiger partial charge >= 0.3 is 5.97 Å². The lowest BCUT2D eigenvalue weighted by atomic mass is 10.1. The number of hydrogen-bond donors (Lipinski definition) is 7. The lowest BCUT2D eigenvalue weighted by Gasteiger charge is -2.17. The van der Waals surface area contributed by atoms with E-state index in [1.165, 1.54) is 92.0 Å². The van der Waals surface area contributed by atoms with Crippen molar-refractivity contribution in [1.82, 2.24) is 10.2 Å². The first-order chi connectivity index (χ1) is 58.5. The van der Waals surface area contributed by atoms with Crippen LogP contribution in [-0.2, 0) is 44.8 Å². The predicted molar refractivity (Wildman–Crippen MR) is 475 cm³/mol. The summed E-state index contributed by atoms with van der Waals surface area (Å²) in [6, 6.07) is 68.0. The summed E-state index contributed by atoms with van der Waals surface area (Å²) in [5.74, 6) is -2.37. The molecule has 28 nitrogen and oxygen atoms in total. The summed E-state index contributed by atoms with van der Waals surface area (Å²) in [7, 11) is -1.66. The highest BCUT2D eigenvalue weighted by Gasteiger charge is 2.32. The van der Waals surface area contributed by atoms with Crippen molar-refractivity contribution in [1.29, 1.82) is 0 Å². The molecule has 12 aromatic carbocycles. The Morgan fingerprint density at radius 3 is 0.911 bits per heavy atom. The minimum absolute atomic E-state index is 0.00516. The number of sulfonamides is 4. The highest BCUT2D eigenvalue weighted by molar-refractivity contribution is 7.93. The lowest BCUT2D eigenvalue weighted by molar-refractivity contribution is 0.0596. The third-order valence-corrected chi connectivity index (χ3v) is 24.4. The number of rotatable bonds is 27. The van der Waals surface area contributed by atoms with Crippen molar-refractivity contribution in [2.45, 2.75) is 19.6 Å². The largest absolute Gasteiger partial charge is 0.506 e. The summed E-state index contributed by atoms with van der Waals surface area (Å²) in [6.45, 7) is 0. The average Bonchev–Trinajstić information content (AvgIpc) is 0.830.